The SMILES string of the molecule is O=P(O)(O)O.O=P(O)(O)O.[CH3-].[Fe].[H-].[H-].[Li+].[Li+].[Li+]. The molecule has 0 aromatic rings. The van der Waals surface area contributed by atoms with E-state index in [1.54, 1.807) is 0 Å². The van der Waals surface area contributed by atoms with Crippen LogP contribution in [0.4, 0.5) is 0 Å². The van der Waals surface area contributed by atoms with Gasteiger partial charge in [-0.25, -0.2) is 9.13 Å². The summed E-state index contributed by atoms with van der Waals surface area (Å²) < 4.78 is 17.8. The van der Waals surface area contributed by atoms with Gasteiger partial charge < -0.3 is 39.6 Å². The summed E-state index contributed by atoms with van der Waals surface area (Å²) in [5.74, 6) is 0. The molecule has 0 aliphatic rings. The average molecular weight is 290 g/mol. The molecule has 15 heavy (non-hydrogen) atoms. The zero-order chi connectivity index (χ0) is 9.00. The van der Waals surface area contributed by atoms with Gasteiger partial charge in [0.2, 0.25) is 0 Å². The molecule has 0 rings (SSSR count). The molecular weight excluding hydrogens is 279 g/mol. The first kappa shape index (κ1) is 43.2. The third-order valence-corrected chi connectivity index (χ3v) is 0. The predicted octanol–water partition coefficient (Wildman–Crippen LogP) is -10.2. The van der Waals surface area contributed by atoms with Crippen molar-refractivity contribution in [2.24, 2.45) is 0 Å². The minimum atomic E-state index is -4.64. The van der Waals surface area contributed by atoms with Crippen LogP contribution in [0.25, 0.3) is 0 Å². The molecule has 8 nitrogen and oxygen atoms in total. The summed E-state index contributed by atoms with van der Waals surface area (Å²) in [6.45, 7) is 0. The third kappa shape index (κ3) is 545. The number of hydrogen-bond acceptors (Lipinski definition) is 2. The Labute approximate surface area is 137 Å². The third-order valence-electron chi connectivity index (χ3n) is 0. The topological polar surface area (TPSA) is 156 Å². The van der Waals surface area contributed by atoms with Crippen molar-refractivity contribution in [2.75, 3.05) is 0 Å². The van der Waals surface area contributed by atoms with Crippen molar-refractivity contribution in [1.82, 2.24) is 0 Å². The monoisotopic (exact) mass is 290 g/mol. The number of rotatable bonds is 0. The van der Waals surface area contributed by atoms with Gasteiger partial charge in [0.1, 0.15) is 0 Å². The second-order valence-electron chi connectivity index (χ2n) is 1.03. The average Bonchev–Trinajstić information content (AvgIpc) is 1.12. The van der Waals surface area contributed by atoms with Gasteiger partial charge in [-0.05, 0) is 0 Å². The van der Waals surface area contributed by atoms with E-state index in [4.69, 9.17) is 38.5 Å². The van der Waals surface area contributed by atoms with Crippen LogP contribution in [0.2, 0.25) is 0 Å². The molecule has 0 heterocycles. The Balaban J connectivity index is -0.00000000762. The van der Waals surface area contributed by atoms with Crippen LogP contribution < -0.4 is 56.6 Å². The van der Waals surface area contributed by atoms with E-state index in [0.717, 1.165) is 0 Å². The Bertz CT molecular complexity index is 149. The van der Waals surface area contributed by atoms with Gasteiger partial charge in [0, 0.05) is 17.1 Å². The van der Waals surface area contributed by atoms with Crippen molar-refractivity contribution in [3.05, 3.63) is 7.43 Å². The molecule has 0 aromatic carbocycles. The fourth-order valence-electron chi connectivity index (χ4n) is 0. The summed E-state index contributed by atoms with van der Waals surface area (Å²) in [5, 5.41) is 0. The van der Waals surface area contributed by atoms with Gasteiger partial charge in [0.15, 0.2) is 0 Å². The van der Waals surface area contributed by atoms with Crippen molar-refractivity contribution >= 4 is 15.6 Å². The molecule has 0 amide bonds. The van der Waals surface area contributed by atoms with E-state index in [2.05, 4.69) is 0 Å². The Morgan fingerprint density at radius 2 is 0.667 bits per heavy atom. The smallest absolute Gasteiger partial charge is 1.00 e. The molecule has 0 spiro atoms. The van der Waals surface area contributed by atoms with Crippen molar-refractivity contribution in [3.63, 3.8) is 0 Å². The van der Waals surface area contributed by atoms with E-state index in [-0.39, 0.29) is 83.9 Å². The second kappa shape index (κ2) is 18.9. The van der Waals surface area contributed by atoms with E-state index in [1.807, 2.05) is 0 Å². The quantitative estimate of drug-likeness (QED) is 0.146. The summed E-state index contributed by atoms with van der Waals surface area (Å²) in [4.78, 5) is 43.1. The first-order valence-corrected chi connectivity index (χ1v) is 4.70. The molecule has 0 aromatic heterocycles. The van der Waals surface area contributed by atoms with Gasteiger partial charge in [0.05, 0.1) is 0 Å². The molecule has 0 saturated carbocycles. The largest absolute Gasteiger partial charge is 1.00 e. The van der Waals surface area contributed by atoms with E-state index in [0.29, 0.717) is 0 Å². The van der Waals surface area contributed by atoms with Crippen LogP contribution in [0.1, 0.15) is 2.85 Å². The minimum Gasteiger partial charge on any atom is -1.00 e. The first-order chi connectivity index (χ1) is 4.00. The van der Waals surface area contributed by atoms with E-state index in [1.165, 1.54) is 0 Å². The van der Waals surface area contributed by atoms with E-state index in [9.17, 15) is 0 Å². The Kier molecular flexibility index (Phi) is 54.4. The molecular formula is CH11FeLi3O8P2. The Morgan fingerprint density at radius 3 is 0.667 bits per heavy atom. The van der Waals surface area contributed by atoms with Crippen LogP contribution in [-0.2, 0) is 26.2 Å². The summed E-state index contributed by atoms with van der Waals surface area (Å²) in [7, 11) is -9.28. The van der Waals surface area contributed by atoms with Crippen molar-refractivity contribution in [1.29, 1.82) is 0 Å². The van der Waals surface area contributed by atoms with Crippen LogP contribution in [-0.4, -0.2) is 29.4 Å². The first-order valence-electron chi connectivity index (χ1n) is 1.57. The Morgan fingerprint density at radius 1 is 0.667 bits per heavy atom. The molecule has 14 heteroatoms. The zero-order valence-electron chi connectivity index (χ0n) is 10.7. The van der Waals surface area contributed by atoms with Crippen LogP contribution in [0.15, 0.2) is 0 Å². The van der Waals surface area contributed by atoms with Crippen LogP contribution in [0.5, 0.6) is 0 Å². The van der Waals surface area contributed by atoms with Crippen LogP contribution in [0.3, 0.4) is 0 Å². The standard InChI is InChI=1S/CH3.Fe.3Li.2H3O4P.2H/c;;;;;2*1-5(2,3)4;;/h1H3;;;;;2*(H3,1,2,3,4);;/q-1;;3*+1;;;2*-1. The van der Waals surface area contributed by atoms with Crippen molar-refractivity contribution in [2.45, 2.75) is 0 Å². The van der Waals surface area contributed by atoms with E-state index >= 15 is 0 Å². The molecule has 0 aliphatic carbocycles. The molecule has 0 atom stereocenters. The van der Waals surface area contributed by atoms with Gasteiger partial charge in [-0.3, -0.25) is 0 Å². The predicted molar refractivity (Wildman–Crippen MR) is 37.2 cm³/mol. The maximum absolute atomic E-state index is 8.88. The fraction of sp³-hybridized carbons (Fsp3) is 0. The summed E-state index contributed by atoms with van der Waals surface area (Å²) >= 11 is 0. The maximum atomic E-state index is 8.88. The van der Waals surface area contributed by atoms with Crippen molar-refractivity contribution in [3.8, 4) is 0 Å². The second-order valence-corrected chi connectivity index (χ2v) is 3.08. The summed E-state index contributed by atoms with van der Waals surface area (Å²) in [6, 6.07) is 0. The fourth-order valence-corrected chi connectivity index (χ4v) is 0. The molecule has 0 unspecified atom stereocenters. The molecule has 84 valence electrons. The molecule has 6 N–H and O–H groups in total. The normalized spacial score (nSPS) is 7.87. The number of phosphoric acid groups is 2. The molecule has 0 radical (unpaired) electrons. The van der Waals surface area contributed by atoms with Gasteiger partial charge in [-0.15, -0.1) is 0 Å². The zero-order valence-corrected chi connectivity index (χ0v) is 11.6. The summed E-state index contributed by atoms with van der Waals surface area (Å²) in [5.41, 5.74) is 0. The van der Waals surface area contributed by atoms with Gasteiger partial charge in [-0.1, -0.05) is 0 Å². The van der Waals surface area contributed by atoms with Crippen LogP contribution in [0, 0.1) is 7.43 Å². The van der Waals surface area contributed by atoms with Gasteiger partial charge in [-0.2, -0.15) is 0 Å². The van der Waals surface area contributed by atoms with Gasteiger partial charge >= 0.3 is 72.2 Å². The molecule has 0 fully saturated rings. The molecule has 0 aliphatic heterocycles. The minimum absolute atomic E-state index is 0. The maximum Gasteiger partial charge on any atom is 1.00 e. The molecule has 0 saturated heterocycles. The van der Waals surface area contributed by atoms with Crippen molar-refractivity contribution < 1.29 is 115 Å². The molecule has 0 bridgehead atoms. The van der Waals surface area contributed by atoms with E-state index < -0.39 is 15.6 Å². The van der Waals surface area contributed by atoms with Gasteiger partial charge in [0.25, 0.3) is 0 Å². The Hall–Kier alpha value is 2.53. The van der Waals surface area contributed by atoms with Crippen LogP contribution >= 0.6 is 15.6 Å². The summed E-state index contributed by atoms with van der Waals surface area (Å²) in [6.07, 6.45) is 0. The number of hydrogen-bond donors (Lipinski definition) is 6.